The summed E-state index contributed by atoms with van der Waals surface area (Å²) in [5, 5.41) is 26.5. The normalized spacial score (nSPS) is 19.3. The van der Waals surface area contributed by atoms with E-state index in [1.807, 2.05) is 22.8 Å². The summed E-state index contributed by atoms with van der Waals surface area (Å²) in [4.78, 5) is 62.6. The third-order valence-electron chi connectivity index (χ3n) is 15.3. The van der Waals surface area contributed by atoms with Gasteiger partial charge in [-0.15, -0.1) is 10.2 Å². The third-order valence-corrected chi connectivity index (χ3v) is 15.3. The van der Waals surface area contributed by atoms with Gasteiger partial charge in [-0.05, 0) is 102 Å². The number of hydrogen-bond acceptors (Lipinski definition) is 15. The Morgan fingerprint density at radius 1 is 0.765 bits per heavy atom. The third kappa shape index (κ3) is 13.8. The molecule has 3 saturated heterocycles. The number of amides is 4. The number of pyridine rings is 1. The van der Waals surface area contributed by atoms with Crippen LogP contribution in [0.1, 0.15) is 87.4 Å². The highest BCUT2D eigenvalue weighted by atomic mass is 19.4. The van der Waals surface area contributed by atoms with Crippen LogP contribution in [-0.2, 0) is 36.8 Å². The number of alkyl carbamates (subject to hydrolysis) is 2. The zero-order chi connectivity index (χ0) is 58.8. The second-order valence-corrected chi connectivity index (χ2v) is 21.7. The molecule has 4 aromatic rings. The zero-order valence-corrected chi connectivity index (χ0v) is 45.0. The van der Waals surface area contributed by atoms with Gasteiger partial charge in [0.15, 0.2) is 0 Å². The number of aliphatic hydroxyl groups excluding tert-OH is 1. The number of nitrogens with zero attached hydrogens (tertiary/aromatic N) is 6. The highest BCUT2D eigenvalue weighted by molar-refractivity contribution is 5.87. The number of hydrazine groups is 1. The van der Waals surface area contributed by atoms with Gasteiger partial charge in [-0.3, -0.25) is 19.9 Å². The molecule has 4 amide bonds. The van der Waals surface area contributed by atoms with Crippen LogP contribution in [0.25, 0.3) is 11.5 Å². The molecule has 5 heterocycles. The highest BCUT2D eigenvalue weighted by Crippen LogP contribution is 2.43. The second kappa shape index (κ2) is 24.1. The molecule has 1 saturated carbocycles. The molecule has 19 nitrogen and oxygen atoms in total. The van der Waals surface area contributed by atoms with Crippen LogP contribution >= 0.6 is 0 Å². The maximum absolute atomic E-state index is 16.2. The summed E-state index contributed by atoms with van der Waals surface area (Å²) < 4.78 is 140. The summed E-state index contributed by atoms with van der Waals surface area (Å²) in [6.45, 7) is 3.50. The topological polar surface area (TPSA) is 226 Å². The van der Waals surface area contributed by atoms with Crippen molar-refractivity contribution in [3.63, 3.8) is 0 Å². The van der Waals surface area contributed by atoms with Crippen molar-refractivity contribution in [2.24, 2.45) is 10.8 Å². The van der Waals surface area contributed by atoms with Crippen molar-refractivity contribution < 1.29 is 78.0 Å². The molecule has 5 N–H and O–H groups in total. The fourth-order valence-corrected chi connectivity index (χ4v) is 9.90. The van der Waals surface area contributed by atoms with Gasteiger partial charge in [0.2, 0.25) is 17.7 Å². The Morgan fingerprint density at radius 2 is 1.32 bits per heavy atom. The summed E-state index contributed by atoms with van der Waals surface area (Å²) in [5.41, 5.74) is -3.62. The SMILES string of the molecule is COC(=O)N[C@H](C(=O)N[C@@H](Cc1ccc(C#Cc2ccc(N3CC4CCC(C3)N4C3COC3)nc2)cc1)[C@@H](O)CN(Cc1c(F)cc(-c2nnc(C3CC3)o2)cc1F)NC(=O)[C@@H](NC(=O)OC)C(C)(C)C(F)(F)F)C(C)(C)C(F)(F)F. The monoisotopic (exact) mass is 1150 g/mol. The molecule has 3 aliphatic heterocycles. The van der Waals surface area contributed by atoms with Gasteiger partial charge in [-0.2, -0.15) is 26.3 Å². The number of halogens is 8. The van der Waals surface area contributed by atoms with Gasteiger partial charge in [0.05, 0.1) is 56.5 Å². The van der Waals surface area contributed by atoms with E-state index in [-0.39, 0.29) is 23.3 Å². The first-order valence-corrected chi connectivity index (χ1v) is 26.0. The molecular weight excluding hydrogens is 1080 g/mol. The summed E-state index contributed by atoms with van der Waals surface area (Å²) >= 11 is 0. The van der Waals surface area contributed by atoms with Crippen molar-refractivity contribution in [1.29, 1.82) is 0 Å². The molecule has 4 fully saturated rings. The minimum Gasteiger partial charge on any atom is -0.453 e. The first kappa shape index (κ1) is 60.0. The van der Waals surface area contributed by atoms with Crippen molar-refractivity contribution in [1.82, 2.24) is 46.5 Å². The molecule has 2 aromatic carbocycles. The Morgan fingerprint density at radius 3 is 1.83 bits per heavy atom. The zero-order valence-electron chi connectivity index (χ0n) is 45.0. The number of ether oxygens (including phenoxy) is 3. The first-order chi connectivity index (χ1) is 38.2. The molecular formula is C54H62F8N10O9. The molecule has 4 aliphatic rings. The molecule has 8 rings (SSSR count). The van der Waals surface area contributed by atoms with E-state index in [1.54, 1.807) is 18.3 Å². The number of aliphatic hydroxyl groups is 1. The Bertz CT molecular complexity index is 2940. The van der Waals surface area contributed by atoms with E-state index < -0.39 is 108 Å². The highest BCUT2D eigenvalue weighted by Gasteiger charge is 2.57. The van der Waals surface area contributed by atoms with Crippen molar-refractivity contribution in [3.8, 4) is 23.3 Å². The average molecular weight is 1150 g/mol. The van der Waals surface area contributed by atoms with Crippen LogP contribution in [0.4, 0.5) is 50.5 Å². The minimum absolute atomic E-state index is 0.0188. The van der Waals surface area contributed by atoms with E-state index in [0.29, 0.717) is 67.5 Å². The van der Waals surface area contributed by atoms with E-state index in [9.17, 15) is 50.6 Å². The maximum Gasteiger partial charge on any atom is 0.407 e. The Labute approximate surface area is 460 Å². The van der Waals surface area contributed by atoms with Crippen LogP contribution in [0.5, 0.6) is 0 Å². The van der Waals surface area contributed by atoms with Crippen LogP contribution in [-0.4, -0.2) is 156 Å². The Kier molecular flexibility index (Phi) is 17.9. The van der Waals surface area contributed by atoms with Crippen molar-refractivity contribution in [2.75, 3.05) is 52.0 Å². The molecule has 6 atom stereocenters. The summed E-state index contributed by atoms with van der Waals surface area (Å²) in [5.74, 6) is 1.18. The van der Waals surface area contributed by atoms with Gasteiger partial charge in [0, 0.05) is 72.6 Å². The van der Waals surface area contributed by atoms with E-state index in [0.717, 1.165) is 84.2 Å². The van der Waals surface area contributed by atoms with Gasteiger partial charge in [-0.25, -0.2) is 28.4 Å². The van der Waals surface area contributed by atoms with E-state index in [2.05, 4.69) is 57.0 Å². The number of anilines is 1. The first-order valence-electron chi connectivity index (χ1n) is 26.0. The summed E-state index contributed by atoms with van der Waals surface area (Å²) in [6.07, 6.45) is -10.4. The number of alkyl halides is 6. The van der Waals surface area contributed by atoms with E-state index in [4.69, 9.17) is 9.15 Å². The number of benzene rings is 2. The smallest absolute Gasteiger partial charge is 0.407 e. The summed E-state index contributed by atoms with van der Waals surface area (Å²) in [6, 6.07) is 6.23. The van der Waals surface area contributed by atoms with Gasteiger partial charge in [0.1, 0.15) is 29.5 Å². The molecule has 2 aromatic heterocycles. The van der Waals surface area contributed by atoms with Gasteiger partial charge < -0.3 is 44.6 Å². The molecule has 2 unspecified atom stereocenters. The van der Waals surface area contributed by atoms with Crippen LogP contribution < -0.4 is 26.3 Å². The number of methoxy groups -OCH3 is 2. The summed E-state index contributed by atoms with van der Waals surface area (Å²) in [7, 11) is 1.66. The minimum atomic E-state index is -5.19. The number of fused-ring (bicyclic) bond motifs is 2. The van der Waals surface area contributed by atoms with Gasteiger partial charge in [-0.1, -0.05) is 24.0 Å². The van der Waals surface area contributed by atoms with E-state index >= 15 is 8.78 Å². The van der Waals surface area contributed by atoms with Crippen LogP contribution in [0.2, 0.25) is 0 Å². The lowest BCUT2D eigenvalue weighted by Gasteiger charge is -2.47. The molecule has 0 spiro atoms. The number of rotatable bonds is 19. The fraction of sp³-hybridized carbons (Fsp3) is 0.537. The van der Waals surface area contributed by atoms with Crippen LogP contribution in [0.3, 0.4) is 0 Å². The lowest BCUT2D eigenvalue weighted by Crippen LogP contribution is -2.63. The number of piperazine rings is 1. The average Bonchev–Trinajstić information content (AvgIpc) is 4.31. The lowest BCUT2D eigenvalue weighted by atomic mass is 9.82. The number of nitrogens with one attached hydrogen (secondary N) is 4. The number of hydrogen-bond donors (Lipinski definition) is 5. The Balaban J connectivity index is 1.07. The lowest BCUT2D eigenvalue weighted by molar-refractivity contribution is -0.221. The van der Waals surface area contributed by atoms with Gasteiger partial charge in [0.25, 0.3) is 5.91 Å². The predicted molar refractivity (Wildman–Crippen MR) is 272 cm³/mol. The largest absolute Gasteiger partial charge is 0.453 e. The van der Waals surface area contributed by atoms with Crippen molar-refractivity contribution in [3.05, 3.63) is 94.5 Å². The second-order valence-electron chi connectivity index (χ2n) is 21.7. The number of carbonyl (C=O) groups is 4. The standard InChI is InChI=1S/C54H62F8N10O9/c1-51(2,53(57,58)59)43(65-49(76)78-5)45(74)64-40(19-30-10-7-29(8-11-30)9-12-31-13-18-42(63-22-31)70-23-34-16-17-35(24-70)72(34)36-27-80-28-36)41(73)26-71(69-46(75)44(66-50(77)79-6)52(3,4)54(60,61)62)25-37-38(55)20-33(21-39(37)56)48-68-67-47(81-48)32-14-15-32/h7-8,10-11,13,18,20-22,32,34-36,40-41,43-44,73H,14-17,19,23-28H2,1-6H3,(H,64,74)(H,65,76)(H,66,77)(H,69,75)/t34?,35?,40-,41-,43+,44+/m0/s1. The maximum atomic E-state index is 16.2. The quantitative estimate of drug-likeness (QED) is 0.0396. The predicted octanol–water partition coefficient (Wildman–Crippen LogP) is 6.29. The number of carbonyl (C=O) groups excluding carboxylic acids is 4. The van der Waals surface area contributed by atoms with Crippen LogP contribution in [0, 0.1) is 34.3 Å². The molecule has 81 heavy (non-hydrogen) atoms. The van der Waals surface area contributed by atoms with Crippen molar-refractivity contribution in [2.45, 2.75) is 127 Å². The molecule has 0 radical (unpaired) electrons. The molecule has 2 bridgehead atoms. The fourth-order valence-electron chi connectivity index (χ4n) is 9.90. The number of aromatic nitrogens is 3. The molecule has 438 valence electrons. The van der Waals surface area contributed by atoms with Gasteiger partial charge >= 0.3 is 24.5 Å². The van der Waals surface area contributed by atoms with Crippen LogP contribution in [0.15, 0.2) is 59.1 Å². The van der Waals surface area contributed by atoms with E-state index in [1.165, 1.54) is 12.1 Å². The molecule has 1 aliphatic carbocycles. The Hall–Kier alpha value is -7.15. The van der Waals surface area contributed by atoms with Crippen molar-refractivity contribution >= 4 is 29.8 Å². The molecule has 27 heteroatoms.